The van der Waals surface area contributed by atoms with Gasteiger partial charge in [-0.2, -0.15) is 4.39 Å². The van der Waals surface area contributed by atoms with Crippen molar-refractivity contribution >= 4 is 19.1 Å². The highest BCUT2D eigenvalue weighted by molar-refractivity contribution is 6.78. The molecule has 0 amide bonds. The maximum atomic E-state index is 14.6. The van der Waals surface area contributed by atoms with Crippen molar-refractivity contribution in [2.75, 3.05) is 0 Å². The third kappa shape index (κ3) is 3.21. The first-order chi connectivity index (χ1) is 12.4. The Bertz CT molecular complexity index is 857. The highest BCUT2D eigenvalue weighted by Crippen LogP contribution is 2.46. The molecule has 1 nitrogen and oxygen atoms in total. The van der Waals surface area contributed by atoms with Gasteiger partial charge in [-0.25, -0.2) is 22.0 Å². The largest absolute Gasteiger partial charge is 0.540 e. The van der Waals surface area contributed by atoms with Crippen LogP contribution in [-0.4, -0.2) is 8.32 Å². The molecule has 0 fully saturated rings. The second kappa shape index (κ2) is 7.37. The lowest BCUT2D eigenvalue weighted by molar-refractivity contribution is 0.401. The van der Waals surface area contributed by atoms with Crippen molar-refractivity contribution in [3.05, 3.63) is 41.0 Å². The van der Waals surface area contributed by atoms with E-state index in [9.17, 15) is 26.3 Å². The van der Waals surface area contributed by atoms with E-state index in [1.807, 2.05) is 41.5 Å². The van der Waals surface area contributed by atoms with Crippen molar-refractivity contribution in [3.63, 3.8) is 0 Å². The number of halogens is 6. The lowest BCUT2D eigenvalue weighted by Gasteiger charge is -2.42. The lowest BCUT2D eigenvalue weighted by atomic mass is 10.1. The molecule has 0 bridgehead atoms. The Morgan fingerprint density at radius 2 is 1.15 bits per heavy atom. The number of fused-ring (bicyclic) bond motifs is 1. The van der Waals surface area contributed by atoms with E-state index in [2.05, 4.69) is 0 Å². The molecule has 0 aliphatic heterocycles. The van der Waals surface area contributed by atoms with Gasteiger partial charge in [0.05, 0.1) is 5.39 Å². The van der Waals surface area contributed by atoms with Gasteiger partial charge in [-0.3, -0.25) is 0 Å². The predicted octanol–water partition coefficient (Wildman–Crippen LogP) is 7.23. The van der Waals surface area contributed by atoms with Crippen molar-refractivity contribution in [3.8, 4) is 5.75 Å². The Labute approximate surface area is 155 Å². The van der Waals surface area contributed by atoms with E-state index in [0.717, 1.165) is 0 Å². The van der Waals surface area contributed by atoms with Gasteiger partial charge < -0.3 is 4.43 Å². The Morgan fingerprint density at radius 1 is 0.667 bits per heavy atom. The van der Waals surface area contributed by atoms with E-state index >= 15 is 0 Å². The summed E-state index contributed by atoms with van der Waals surface area (Å²) >= 11 is 0. The van der Waals surface area contributed by atoms with Crippen LogP contribution in [0.15, 0.2) is 6.07 Å². The van der Waals surface area contributed by atoms with Crippen LogP contribution in [0, 0.1) is 34.9 Å². The molecule has 0 atom stereocenters. The van der Waals surface area contributed by atoms with Crippen molar-refractivity contribution in [1.29, 1.82) is 0 Å². The molecule has 0 heterocycles. The summed E-state index contributed by atoms with van der Waals surface area (Å²) in [6.45, 7) is 11.1. The first-order valence-corrected chi connectivity index (χ1v) is 10.8. The summed E-state index contributed by atoms with van der Waals surface area (Å²) < 4.78 is 90.6. The number of rotatable bonds is 5. The molecule has 150 valence electrons. The second-order valence-corrected chi connectivity index (χ2v) is 13.0. The van der Waals surface area contributed by atoms with Crippen LogP contribution in [0.25, 0.3) is 10.8 Å². The standard InChI is InChI=1S/C19H22F6OSi/c1-8(2)27(9(3)4,10(5)6)26-19-13-11(14(21)17(24)18(19)25)7-12(20)15(22)16(13)23/h7-10H,1-6H3. The Kier molecular flexibility index (Phi) is 5.90. The monoisotopic (exact) mass is 408 g/mol. The highest BCUT2D eigenvalue weighted by Gasteiger charge is 2.48. The summed E-state index contributed by atoms with van der Waals surface area (Å²) in [4.78, 5) is 0. The van der Waals surface area contributed by atoms with Crippen LogP contribution in [0.4, 0.5) is 26.3 Å². The molecule has 0 aliphatic carbocycles. The first kappa shape index (κ1) is 21.6. The molecule has 0 unspecified atom stereocenters. The normalized spacial score (nSPS) is 12.7. The lowest BCUT2D eigenvalue weighted by Crippen LogP contribution is -2.51. The molecule has 8 heteroatoms. The molecule has 2 aromatic carbocycles. The number of benzene rings is 2. The fraction of sp³-hybridized carbons (Fsp3) is 0.474. The van der Waals surface area contributed by atoms with Crippen molar-refractivity contribution < 1.29 is 30.8 Å². The van der Waals surface area contributed by atoms with Crippen molar-refractivity contribution in [2.45, 2.75) is 58.2 Å². The average molecular weight is 408 g/mol. The van der Waals surface area contributed by atoms with Gasteiger partial charge in [0, 0.05) is 5.39 Å². The zero-order valence-corrected chi connectivity index (χ0v) is 17.0. The summed E-state index contributed by atoms with van der Waals surface area (Å²) in [5.74, 6) is -11.8. The van der Waals surface area contributed by atoms with E-state index < -0.39 is 59.7 Å². The van der Waals surface area contributed by atoms with Gasteiger partial charge in [0.2, 0.25) is 5.82 Å². The van der Waals surface area contributed by atoms with Crippen LogP contribution in [0.2, 0.25) is 16.6 Å². The molecule has 0 N–H and O–H groups in total. The van der Waals surface area contributed by atoms with Gasteiger partial charge in [0.1, 0.15) is 0 Å². The Morgan fingerprint density at radius 3 is 1.59 bits per heavy atom. The third-order valence-electron chi connectivity index (χ3n) is 5.20. The molecule has 2 aromatic rings. The van der Waals surface area contributed by atoms with Crippen molar-refractivity contribution in [1.82, 2.24) is 0 Å². The molecule has 0 radical (unpaired) electrons. The van der Waals surface area contributed by atoms with Crippen LogP contribution < -0.4 is 4.43 Å². The van der Waals surface area contributed by atoms with Crippen LogP contribution in [-0.2, 0) is 0 Å². The number of hydrogen-bond donors (Lipinski definition) is 0. The maximum Gasteiger partial charge on any atom is 0.258 e. The molecule has 27 heavy (non-hydrogen) atoms. The summed E-state index contributed by atoms with van der Waals surface area (Å²) in [5.41, 5.74) is -0.310. The van der Waals surface area contributed by atoms with Gasteiger partial charge in [-0.15, -0.1) is 0 Å². The second-order valence-electron chi connectivity index (χ2n) is 7.60. The average Bonchev–Trinajstić information content (AvgIpc) is 2.57. The van der Waals surface area contributed by atoms with E-state index in [4.69, 9.17) is 4.43 Å². The molecule has 0 aromatic heterocycles. The summed E-state index contributed by atoms with van der Waals surface area (Å²) in [6.07, 6.45) is 0. The minimum absolute atomic E-state index is 0.103. The molecule has 0 saturated carbocycles. The summed E-state index contributed by atoms with van der Waals surface area (Å²) in [5, 5.41) is -1.83. The quantitative estimate of drug-likeness (QED) is 0.288. The smallest absolute Gasteiger partial charge is 0.258 e. The Hall–Kier alpha value is -1.70. The SMILES string of the molecule is CC(C)[Si](Oc1c(F)c(F)c(F)c2cc(F)c(F)c(F)c12)(C(C)C)C(C)C. The van der Waals surface area contributed by atoms with Gasteiger partial charge in [0.15, 0.2) is 34.8 Å². The van der Waals surface area contributed by atoms with Gasteiger partial charge in [-0.05, 0) is 22.7 Å². The van der Waals surface area contributed by atoms with Crippen LogP contribution in [0.3, 0.4) is 0 Å². The van der Waals surface area contributed by atoms with Crippen molar-refractivity contribution in [2.24, 2.45) is 0 Å². The minimum atomic E-state index is -2.92. The fourth-order valence-corrected chi connectivity index (χ4v) is 9.29. The predicted molar refractivity (Wildman–Crippen MR) is 95.4 cm³/mol. The summed E-state index contributed by atoms with van der Waals surface area (Å²) in [6, 6.07) is 0.307. The zero-order valence-electron chi connectivity index (χ0n) is 16.0. The summed E-state index contributed by atoms with van der Waals surface area (Å²) in [7, 11) is -2.92. The molecule has 0 spiro atoms. The molecule has 2 rings (SSSR count). The molecular weight excluding hydrogens is 386 g/mol. The molecule has 0 aliphatic rings. The molecular formula is C19H22F6OSi. The van der Waals surface area contributed by atoms with E-state index in [1.165, 1.54) is 0 Å². The fourth-order valence-electron chi connectivity index (χ4n) is 4.04. The van der Waals surface area contributed by atoms with Gasteiger partial charge in [0.25, 0.3) is 8.32 Å². The minimum Gasteiger partial charge on any atom is -0.540 e. The van der Waals surface area contributed by atoms with Crippen LogP contribution >= 0.6 is 0 Å². The van der Waals surface area contributed by atoms with E-state index in [0.29, 0.717) is 6.07 Å². The van der Waals surface area contributed by atoms with Gasteiger partial charge in [-0.1, -0.05) is 41.5 Å². The molecule has 0 saturated heterocycles. The maximum absolute atomic E-state index is 14.6. The van der Waals surface area contributed by atoms with E-state index in [1.54, 1.807) is 0 Å². The third-order valence-corrected chi connectivity index (χ3v) is 11.2. The van der Waals surface area contributed by atoms with Crippen LogP contribution in [0.5, 0.6) is 5.75 Å². The van der Waals surface area contributed by atoms with Gasteiger partial charge >= 0.3 is 0 Å². The topological polar surface area (TPSA) is 9.23 Å². The highest BCUT2D eigenvalue weighted by atomic mass is 28.4. The first-order valence-electron chi connectivity index (χ1n) is 8.70. The zero-order chi connectivity index (χ0) is 20.8. The van der Waals surface area contributed by atoms with E-state index in [-0.39, 0.29) is 16.6 Å². The number of hydrogen-bond acceptors (Lipinski definition) is 1. The van der Waals surface area contributed by atoms with Crippen LogP contribution in [0.1, 0.15) is 41.5 Å². The Balaban J connectivity index is 2.95.